The van der Waals surface area contributed by atoms with Gasteiger partial charge in [0.15, 0.2) is 14.7 Å². The van der Waals surface area contributed by atoms with Gasteiger partial charge in [-0.3, -0.25) is 0 Å². The van der Waals surface area contributed by atoms with Crippen LogP contribution in [0.3, 0.4) is 0 Å². The number of esters is 1. The van der Waals surface area contributed by atoms with Crippen LogP contribution in [0.5, 0.6) is 11.5 Å². The van der Waals surface area contributed by atoms with Crippen LogP contribution in [0, 0.1) is 10.7 Å². The lowest BCUT2D eigenvalue weighted by molar-refractivity contribution is 0.0206. The van der Waals surface area contributed by atoms with Crippen molar-refractivity contribution in [2.24, 2.45) is 0 Å². The van der Waals surface area contributed by atoms with Gasteiger partial charge in [-0.15, -0.1) is 0 Å². The van der Waals surface area contributed by atoms with Gasteiger partial charge < -0.3 is 14.2 Å². The summed E-state index contributed by atoms with van der Waals surface area (Å²) in [5.74, 6) is 0.511. The molecule has 0 spiro atoms. The molecule has 0 fully saturated rings. The smallest absolute Gasteiger partial charge is 0.428 e. The van der Waals surface area contributed by atoms with Crippen molar-refractivity contribution in [3.63, 3.8) is 0 Å². The zero-order valence-corrected chi connectivity index (χ0v) is 28.5. The Hall–Kier alpha value is -1.84. The van der Waals surface area contributed by atoms with Crippen LogP contribution in [-0.2, 0) is 15.6 Å². The SMILES string of the molecule is CC(C)(C)OC(=O)Oc1ccc([S+](c2ccccc2)c2ccc(OC(=O)c3c(I)ccc(I)c3I)cc2)cc1. The van der Waals surface area contributed by atoms with Gasteiger partial charge in [0.05, 0.1) is 16.5 Å². The Morgan fingerprint density at radius 1 is 0.641 bits per heavy atom. The molecule has 4 rings (SSSR count). The van der Waals surface area contributed by atoms with E-state index in [1.807, 2.05) is 66.7 Å². The average molecular weight is 877 g/mol. The summed E-state index contributed by atoms with van der Waals surface area (Å²) in [5.41, 5.74) is -0.0570. The first-order chi connectivity index (χ1) is 18.5. The van der Waals surface area contributed by atoms with Crippen molar-refractivity contribution in [2.75, 3.05) is 0 Å². The number of carbonyl (C=O) groups is 2. The molecule has 200 valence electrons. The standard InChI is InChI=1S/C30H24I3O5S/c1-30(2,3)38-29(35)37-20-11-15-23(16-12-20)39(21-7-5-4-6-8-21)22-13-9-19(10-14-22)36-28(34)26-24(31)17-18-25(32)27(26)33/h4-18H,1-3H3/q+1. The van der Waals surface area contributed by atoms with Crippen molar-refractivity contribution >= 4 is 90.8 Å². The van der Waals surface area contributed by atoms with Crippen molar-refractivity contribution in [2.45, 2.75) is 41.1 Å². The van der Waals surface area contributed by atoms with Crippen LogP contribution in [0.15, 0.2) is 106 Å². The first-order valence-electron chi connectivity index (χ1n) is 11.8. The lowest BCUT2D eigenvalue weighted by atomic mass is 10.2. The van der Waals surface area contributed by atoms with Crippen LogP contribution in [-0.4, -0.2) is 17.7 Å². The highest BCUT2D eigenvalue weighted by Crippen LogP contribution is 2.33. The minimum Gasteiger partial charge on any atom is -0.428 e. The van der Waals surface area contributed by atoms with Gasteiger partial charge in [-0.05, 0) is 161 Å². The molecule has 5 nitrogen and oxygen atoms in total. The van der Waals surface area contributed by atoms with Gasteiger partial charge in [-0.1, -0.05) is 18.2 Å². The Kier molecular flexibility index (Phi) is 10.2. The second-order valence-electron chi connectivity index (χ2n) is 9.24. The minimum absolute atomic E-state index is 0.377. The summed E-state index contributed by atoms with van der Waals surface area (Å²) in [7, 11) is -0.434. The highest BCUT2D eigenvalue weighted by Gasteiger charge is 2.29. The van der Waals surface area contributed by atoms with Crippen LogP contribution < -0.4 is 9.47 Å². The normalized spacial score (nSPS) is 11.9. The molecule has 0 aliphatic carbocycles. The Morgan fingerprint density at radius 3 is 1.67 bits per heavy atom. The molecule has 0 bridgehead atoms. The fourth-order valence-corrected chi connectivity index (χ4v) is 7.88. The lowest BCUT2D eigenvalue weighted by Gasteiger charge is -2.18. The maximum Gasteiger partial charge on any atom is 0.514 e. The second-order valence-corrected chi connectivity index (χ2v) is 14.7. The van der Waals surface area contributed by atoms with Gasteiger partial charge in [-0.2, -0.15) is 0 Å². The van der Waals surface area contributed by atoms with Gasteiger partial charge >= 0.3 is 12.1 Å². The summed E-state index contributed by atoms with van der Waals surface area (Å²) in [6.45, 7) is 5.37. The highest BCUT2D eigenvalue weighted by atomic mass is 127. The van der Waals surface area contributed by atoms with Gasteiger partial charge in [0.1, 0.15) is 17.1 Å². The third kappa shape index (κ3) is 8.10. The molecule has 1 atom stereocenters. The Morgan fingerprint density at radius 2 is 1.13 bits per heavy atom. The molecule has 0 aliphatic heterocycles. The molecule has 0 amide bonds. The van der Waals surface area contributed by atoms with E-state index in [2.05, 4.69) is 79.9 Å². The van der Waals surface area contributed by atoms with Crippen molar-refractivity contribution in [1.29, 1.82) is 0 Å². The van der Waals surface area contributed by atoms with E-state index in [1.54, 1.807) is 32.9 Å². The number of hydrogen-bond donors (Lipinski definition) is 0. The average Bonchev–Trinajstić information content (AvgIpc) is 2.88. The molecular formula is C30H24I3O5S+. The summed E-state index contributed by atoms with van der Waals surface area (Å²) in [6.07, 6.45) is -0.739. The molecule has 0 saturated carbocycles. The van der Waals surface area contributed by atoms with Gasteiger partial charge in [-0.25, -0.2) is 9.59 Å². The van der Waals surface area contributed by atoms with Gasteiger partial charge in [0, 0.05) is 10.7 Å². The first kappa shape index (κ1) is 30.1. The topological polar surface area (TPSA) is 61.8 Å². The van der Waals surface area contributed by atoms with Crippen LogP contribution >= 0.6 is 67.8 Å². The molecule has 0 saturated heterocycles. The van der Waals surface area contributed by atoms with E-state index in [1.165, 1.54) is 0 Å². The van der Waals surface area contributed by atoms with Gasteiger partial charge in [0.25, 0.3) is 0 Å². The second kappa shape index (κ2) is 13.2. The Labute approximate surface area is 271 Å². The lowest BCUT2D eigenvalue weighted by Crippen LogP contribution is -2.25. The molecule has 1 unspecified atom stereocenters. The van der Waals surface area contributed by atoms with E-state index in [0.717, 1.165) is 25.4 Å². The van der Waals surface area contributed by atoms with Crippen molar-refractivity contribution in [3.05, 3.63) is 107 Å². The number of benzene rings is 4. The van der Waals surface area contributed by atoms with Crippen molar-refractivity contribution in [1.82, 2.24) is 0 Å². The molecule has 0 aromatic heterocycles. The molecule has 0 N–H and O–H groups in total. The van der Waals surface area contributed by atoms with Crippen molar-refractivity contribution < 1.29 is 23.8 Å². The predicted octanol–water partition coefficient (Wildman–Crippen LogP) is 9.13. The summed E-state index contributed by atoms with van der Waals surface area (Å²) in [6, 6.07) is 29.1. The molecular weight excluding hydrogens is 853 g/mol. The zero-order chi connectivity index (χ0) is 28.2. The first-order valence-corrected chi connectivity index (χ1v) is 16.2. The van der Waals surface area contributed by atoms with Gasteiger partial charge in [0.2, 0.25) is 0 Å². The molecule has 0 aliphatic rings. The summed E-state index contributed by atoms with van der Waals surface area (Å²) < 4.78 is 19.1. The quantitative estimate of drug-likeness (QED) is 0.0484. The van der Waals surface area contributed by atoms with Crippen molar-refractivity contribution in [3.8, 4) is 11.5 Å². The number of hydrogen-bond acceptors (Lipinski definition) is 5. The highest BCUT2D eigenvalue weighted by molar-refractivity contribution is 14.1. The molecule has 0 heterocycles. The Bertz CT molecular complexity index is 1470. The molecule has 4 aromatic carbocycles. The van der Waals surface area contributed by atoms with E-state index >= 15 is 0 Å². The summed E-state index contributed by atoms with van der Waals surface area (Å²) >= 11 is 6.56. The Balaban J connectivity index is 1.57. The number of rotatable bonds is 6. The maximum absolute atomic E-state index is 13.0. The van der Waals surface area contributed by atoms with E-state index < -0.39 is 22.7 Å². The number of ether oxygens (including phenoxy) is 3. The predicted molar refractivity (Wildman–Crippen MR) is 178 cm³/mol. The van der Waals surface area contributed by atoms with E-state index in [4.69, 9.17) is 14.2 Å². The molecule has 39 heavy (non-hydrogen) atoms. The van der Waals surface area contributed by atoms with E-state index in [9.17, 15) is 9.59 Å². The van der Waals surface area contributed by atoms with Crippen LogP contribution in [0.1, 0.15) is 31.1 Å². The fraction of sp³-hybridized carbons (Fsp3) is 0.133. The largest absolute Gasteiger partial charge is 0.514 e. The summed E-state index contributed by atoms with van der Waals surface area (Å²) in [5, 5.41) is 0. The zero-order valence-electron chi connectivity index (χ0n) is 21.2. The number of carbonyl (C=O) groups excluding carboxylic acids is 2. The van der Waals surface area contributed by atoms with Crippen LogP contribution in [0.25, 0.3) is 0 Å². The number of halogens is 3. The molecule has 0 radical (unpaired) electrons. The van der Waals surface area contributed by atoms with Crippen LogP contribution in [0.2, 0.25) is 0 Å². The van der Waals surface area contributed by atoms with E-state index in [0.29, 0.717) is 17.1 Å². The van der Waals surface area contributed by atoms with Crippen LogP contribution in [0.4, 0.5) is 4.79 Å². The maximum atomic E-state index is 13.0. The minimum atomic E-state index is -0.739. The molecule has 9 heteroatoms. The third-order valence-corrected chi connectivity index (χ3v) is 11.3. The monoisotopic (exact) mass is 877 g/mol. The van der Waals surface area contributed by atoms with E-state index in [-0.39, 0.29) is 5.97 Å². The summed E-state index contributed by atoms with van der Waals surface area (Å²) in [4.78, 5) is 28.3. The molecule has 4 aromatic rings. The fourth-order valence-electron chi connectivity index (χ4n) is 3.49. The third-order valence-electron chi connectivity index (χ3n) is 5.15.